The molecule has 0 saturated heterocycles. The normalized spacial score (nSPS) is 15.1. The molecule has 2 heterocycles. The SMILES string of the molecule is CCNC(c1ccc2c(c1)OCCO2)c1cscc1C. The maximum atomic E-state index is 5.69. The summed E-state index contributed by atoms with van der Waals surface area (Å²) >= 11 is 1.75. The molecule has 0 saturated carbocycles. The van der Waals surface area contributed by atoms with Gasteiger partial charge in [-0.25, -0.2) is 0 Å². The van der Waals surface area contributed by atoms with Gasteiger partial charge in [-0.3, -0.25) is 0 Å². The zero-order valence-corrected chi connectivity index (χ0v) is 12.6. The first-order chi connectivity index (χ1) is 9.79. The van der Waals surface area contributed by atoms with Gasteiger partial charge in [0, 0.05) is 0 Å². The first-order valence-corrected chi connectivity index (χ1v) is 7.89. The Morgan fingerprint density at radius 3 is 2.70 bits per heavy atom. The van der Waals surface area contributed by atoms with Crippen molar-refractivity contribution in [3.05, 3.63) is 45.6 Å². The van der Waals surface area contributed by atoms with E-state index in [9.17, 15) is 0 Å². The molecule has 3 nitrogen and oxygen atoms in total. The molecule has 1 aliphatic heterocycles. The number of hydrogen-bond acceptors (Lipinski definition) is 4. The van der Waals surface area contributed by atoms with Crippen molar-refractivity contribution < 1.29 is 9.47 Å². The van der Waals surface area contributed by atoms with E-state index in [0.717, 1.165) is 18.0 Å². The summed E-state index contributed by atoms with van der Waals surface area (Å²) in [5.74, 6) is 1.70. The maximum absolute atomic E-state index is 5.69. The van der Waals surface area contributed by atoms with Crippen LogP contribution in [0.3, 0.4) is 0 Å². The Labute approximate surface area is 123 Å². The van der Waals surface area contributed by atoms with Gasteiger partial charge < -0.3 is 14.8 Å². The highest BCUT2D eigenvalue weighted by Crippen LogP contribution is 2.35. The number of nitrogens with one attached hydrogen (secondary N) is 1. The third-order valence-electron chi connectivity index (χ3n) is 3.51. The standard InChI is InChI=1S/C16H19NO2S/c1-3-17-16(13-10-20-9-11(13)2)12-4-5-14-15(8-12)19-7-6-18-14/h4-5,8-10,16-17H,3,6-7H2,1-2H3. The van der Waals surface area contributed by atoms with Gasteiger partial charge in [-0.2, -0.15) is 11.3 Å². The average Bonchev–Trinajstić information content (AvgIpc) is 2.90. The molecule has 106 valence electrons. The molecule has 0 radical (unpaired) electrons. The van der Waals surface area contributed by atoms with Crippen LogP contribution in [-0.4, -0.2) is 19.8 Å². The van der Waals surface area contributed by atoms with Crippen LogP contribution >= 0.6 is 11.3 Å². The molecule has 1 aromatic heterocycles. The van der Waals surface area contributed by atoms with Gasteiger partial charge in [0.2, 0.25) is 0 Å². The van der Waals surface area contributed by atoms with Crippen LogP contribution in [0.15, 0.2) is 29.0 Å². The van der Waals surface area contributed by atoms with Gasteiger partial charge in [-0.15, -0.1) is 0 Å². The molecule has 1 N–H and O–H groups in total. The van der Waals surface area contributed by atoms with Crippen LogP contribution in [0, 0.1) is 6.92 Å². The van der Waals surface area contributed by atoms with E-state index >= 15 is 0 Å². The monoisotopic (exact) mass is 289 g/mol. The number of benzene rings is 1. The molecule has 1 aromatic carbocycles. The first-order valence-electron chi connectivity index (χ1n) is 6.95. The van der Waals surface area contributed by atoms with Crippen LogP contribution in [0.25, 0.3) is 0 Å². The Kier molecular flexibility index (Phi) is 3.94. The van der Waals surface area contributed by atoms with E-state index in [-0.39, 0.29) is 6.04 Å². The van der Waals surface area contributed by atoms with Gasteiger partial charge in [0.05, 0.1) is 6.04 Å². The van der Waals surface area contributed by atoms with E-state index in [2.05, 4.69) is 42.1 Å². The molecule has 1 unspecified atom stereocenters. The highest BCUT2D eigenvalue weighted by molar-refractivity contribution is 7.08. The zero-order chi connectivity index (χ0) is 13.9. The minimum absolute atomic E-state index is 0.210. The smallest absolute Gasteiger partial charge is 0.161 e. The average molecular weight is 289 g/mol. The predicted octanol–water partition coefficient (Wildman–Crippen LogP) is 3.53. The zero-order valence-electron chi connectivity index (χ0n) is 11.8. The summed E-state index contributed by atoms with van der Waals surface area (Å²) in [5.41, 5.74) is 3.89. The minimum Gasteiger partial charge on any atom is -0.486 e. The van der Waals surface area contributed by atoms with E-state index in [4.69, 9.17) is 9.47 Å². The molecule has 3 rings (SSSR count). The van der Waals surface area contributed by atoms with Crippen LogP contribution in [0.4, 0.5) is 0 Å². The van der Waals surface area contributed by atoms with Crippen molar-refractivity contribution in [1.82, 2.24) is 5.32 Å². The number of hydrogen-bond donors (Lipinski definition) is 1. The highest BCUT2D eigenvalue weighted by Gasteiger charge is 2.19. The third-order valence-corrected chi connectivity index (χ3v) is 4.39. The molecule has 4 heteroatoms. The lowest BCUT2D eigenvalue weighted by Gasteiger charge is -2.23. The van der Waals surface area contributed by atoms with E-state index in [0.29, 0.717) is 13.2 Å². The molecule has 0 fully saturated rings. The summed E-state index contributed by atoms with van der Waals surface area (Å²) < 4.78 is 11.3. The fourth-order valence-corrected chi connectivity index (χ4v) is 3.39. The van der Waals surface area contributed by atoms with Crippen LogP contribution in [0.5, 0.6) is 11.5 Å². The molecular weight excluding hydrogens is 270 g/mol. The van der Waals surface area contributed by atoms with Gasteiger partial charge in [0.15, 0.2) is 11.5 Å². The molecular formula is C16H19NO2S. The maximum Gasteiger partial charge on any atom is 0.161 e. The van der Waals surface area contributed by atoms with E-state index in [1.807, 2.05) is 6.07 Å². The molecule has 1 aliphatic rings. The van der Waals surface area contributed by atoms with Gasteiger partial charge in [0.25, 0.3) is 0 Å². The fraction of sp³-hybridized carbons (Fsp3) is 0.375. The van der Waals surface area contributed by atoms with Crippen LogP contribution in [0.2, 0.25) is 0 Å². The van der Waals surface area contributed by atoms with Crippen molar-refractivity contribution in [3.8, 4) is 11.5 Å². The molecule has 20 heavy (non-hydrogen) atoms. The van der Waals surface area contributed by atoms with Gasteiger partial charge in [-0.05, 0) is 53.1 Å². The second-order valence-electron chi connectivity index (χ2n) is 4.90. The van der Waals surface area contributed by atoms with Crippen molar-refractivity contribution in [3.63, 3.8) is 0 Å². The van der Waals surface area contributed by atoms with Gasteiger partial charge in [-0.1, -0.05) is 13.0 Å². The lowest BCUT2D eigenvalue weighted by atomic mass is 9.98. The van der Waals surface area contributed by atoms with Gasteiger partial charge >= 0.3 is 0 Å². The number of ether oxygens (including phenoxy) is 2. The second kappa shape index (κ2) is 5.85. The Morgan fingerprint density at radius 2 is 2.00 bits per heavy atom. The Morgan fingerprint density at radius 1 is 1.20 bits per heavy atom. The van der Waals surface area contributed by atoms with Crippen LogP contribution in [-0.2, 0) is 0 Å². The fourth-order valence-electron chi connectivity index (χ4n) is 2.52. The van der Waals surface area contributed by atoms with Crippen molar-refractivity contribution in [2.24, 2.45) is 0 Å². The molecule has 0 aliphatic carbocycles. The number of thiophene rings is 1. The summed E-state index contributed by atoms with van der Waals surface area (Å²) in [6.07, 6.45) is 0. The molecule has 0 spiro atoms. The largest absolute Gasteiger partial charge is 0.486 e. The summed E-state index contributed by atoms with van der Waals surface area (Å²) in [6, 6.07) is 6.44. The Hall–Kier alpha value is -1.52. The Bertz CT molecular complexity index is 594. The van der Waals surface area contributed by atoms with E-state index in [1.165, 1.54) is 16.7 Å². The predicted molar refractivity (Wildman–Crippen MR) is 82.0 cm³/mol. The number of rotatable bonds is 4. The highest BCUT2D eigenvalue weighted by atomic mass is 32.1. The molecule has 0 amide bonds. The van der Waals surface area contributed by atoms with E-state index in [1.54, 1.807) is 11.3 Å². The summed E-state index contributed by atoms with van der Waals surface area (Å²) in [4.78, 5) is 0. The topological polar surface area (TPSA) is 30.5 Å². The third kappa shape index (κ3) is 2.53. The lowest BCUT2D eigenvalue weighted by molar-refractivity contribution is 0.171. The van der Waals surface area contributed by atoms with Crippen molar-refractivity contribution in [2.45, 2.75) is 19.9 Å². The molecule has 2 aromatic rings. The molecule has 1 atom stereocenters. The van der Waals surface area contributed by atoms with Gasteiger partial charge in [0.1, 0.15) is 13.2 Å². The number of fused-ring (bicyclic) bond motifs is 1. The minimum atomic E-state index is 0.210. The van der Waals surface area contributed by atoms with Crippen molar-refractivity contribution in [2.75, 3.05) is 19.8 Å². The first kappa shape index (κ1) is 13.5. The van der Waals surface area contributed by atoms with Crippen molar-refractivity contribution >= 4 is 11.3 Å². The van der Waals surface area contributed by atoms with Crippen molar-refractivity contribution in [1.29, 1.82) is 0 Å². The Balaban J connectivity index is 1.97. The quantitative estimate of drug-likeness (QED) is 0.934. The van der Waals surface area contributed by atoms with E-state index < -0.39 is 0 Å². The lowest BCUT2D eigenvalue weighted by Crippen LogP contribution is -2.23. The summed E-state index contributed by atoms with van der Waals surface area (Å²) in [5, 5.41) is 7.97. The summed E-state index contributed by atoms with van der Waals surface area (Å²) in [7, 11) is 0. The number of aryl methyl sites for hydroxylation is 1. The van der Waals surface area contributed by atoms with Crippen LogP contribution in [0.1, 0.15) is 29.7 Å². The van der Waals surface area contributed by atoms with Crippen LogP contribution < -0.4 is 14.8 Å². The molecule has 0 bridgehead atoms. The second-order valence-corrected chi connectivity index (χ2v) is 5.65. The summed E-state index contributed by atoms with van der Waals surface area (Å²) in [6.45, 7) is 6.47.